The lowest BCUT2D eigenvalue weighted by molar-refractivity contribution is 0.0781. The number of nitrogens with zero attached hydrogens (tertiary/aromatic N) is 5. The van der Waals surface area contributed by atoms with Crippen molar-refractivity contribution in [3.8, 4) is 11.4 Å². The van der Waals surface area contributed by atoms with Crippen LogP contribution in [0.1, 0.15) is 38.1 Å². The van der Waals surface area contributed by atoms with E-state index < -0.39 is 15.6 Å². The van der Waals surface area contributed by atoms with Crippen molar-refractivity contribution in [1.29, 1.82) is 0 Å². The molecule has 1 aliphatic heterocycles. The molecular formula is C19H30N6O3S. The summed E-state index contributed by atoms with van der Waals surface area (Å²) < 4.78 is 26.7. The predicted molar refractivity (Wildman–Crippen MR) is 112 cm³/mol. The lowest BCUT2D eigenvalue weighted by Gasteiger charge is -2.30. The molecule has 0 saturated carbocycles. The summed E-state index contributed by atoms with van der Waals surface area (Å²) in [6.45, 7) is 6.45. The third kappa shape index (κ3) is 5.52. The van der Waals surface area contributed by atoms with Gasteiger partial charge < -0.3 is 15.0 Å². The van der Waals surface area contributed by atoms with Crippen molar-refractivity contribution in [2.24, 2.45) is 7.05 Å². The molecule has 0 radical (unpaired) electrons. The number of hydrogen-bond acceptors (Lipinski definition) is 7. The van der Waals surface area contributed by atoms with Gasteiger partial charge in [-0.05, 0) is 39.2 Å². The lowest BCUT2D eigenvalue weighted by Crippen LogP contribution is -2.42. The first-order chi connectivity index (χ1) is 13.4. The van der Waals surface area contributed by atoms with Crippen LogP contribution in [-0.4, -0.2) is 68.3 Å². The number of aryl methyl sites for hydroxylation is 2. The average molecular weight is 423 g/mol. The maximum Gasteiger partial charge on any atom is 0.223 e. The van der Waals surface area contributed by atoms with Crippen molar-refractivity contribution >= 4 is 16.0 Å². The van der Waals surface area contributed by atoms with E-state index in [1.165, 1.54) is 10.6 Å². The number of nitrogens with one attached hydrogen (secondary N) is 1. The molecule has 0 aliphatic carbocycles. The Balaban J connectivity index is 1.75. The number of piperidine rings is 1. The molecule has 0 spiro atoms. The molecule has 0 atom stereocenters. The van der Waals surface area contributed by atoms with Gasteiger partial charge in [-0.15, -0.1) is 0 Å². The SMILES string of the molecule is Cc1cnc(NC2CCN(S(C)(=O)=O)CC2)nc1-c1cn(C)c(CC(C)(C)O)n1. The molecule has 3 rings (SSSR count). The minimum Gasteiger partial charge on any atom is -0.390 e. The van der Waals surface area contributed by atoms with E-state index in [0.717, 1.165) is 22.8 Å². The van der Waals surface area contributed by atoms with E-state index in [-0.39, 0.29) is 6.04 Å². The Morgan fingerprint density at radius 1 is 1.28 bits per heavy atom. The fourth-order valence-electron chi connectivity index (χ4n) is 3.46. The average Bonchev–Trinajstić information content (AvgIpc) is 2.95. The first-order valence-electron chi connectivity index (χ1n) is 9.73. The molecule has 1 saturated heterocycles. The number of aliphatic hydroxyl groups is 1. The number of anilines is 1. The molecule has 0 aromatic carbocycles. The van der Waals surface area contributed by atoms with Crippen LogP contribution in [-0.2, 0) is 23.5 Å². The predicted octanol–water partition coefficient (Wildman–Crippen LogP) is 1.33. The van der Waals surface area contributed by atoms with Crippen LogP contribution in [0.5, 0.6) is 0 Å². The quantitative estimate of drug-likeness (QED) is 0.722. The van der Waals surface area contributed by atoms with Crippen molar-refractivity contribution in [3.63, 3.8) is 0 Å². The third-order valence-electron chi connectivity index (χ3n) is 5.03. The molecular weight excluding hydrogens is 392 g/mol. The standard InChI is InChI=1S/C19H30N6O3S/c1-13-11-20-18(21-14-6-8-25(9-7-14)29(5,27)28)23-17(13)15-12-24(4)16(22-15)10-19(2,3)26/h11-12,14,26H,6-10H2,1-5H3,(H,20,21,23). The van der Waals surface area contributed by atoms with E-state index in [2.05, 4.69) is 20.3 Å². The Labute approximate surface area is 172 Å². The fraction of sp³-hybridized carbons (Fsp3) is 0.632. The van der Waals surface area contributed by atoms with Gasteiger partial charge in [0.25, 0.3) is 0 Å². The zero-order valence-corrected chi connectivity index (χ0v) is 18.5. The smallest absolute Gasteiger partial charge is 0.223 e. The van der Waals surface area contributed by atoms with Crippen molar-refractivity contribution < 1.29 is 13.5 Å². The minimum atomic E-state index is -3.14. The molecule has 0 bridgehead atoms. The van der Waals surface area contributed by atoms with Gasteiger partial charge in [0.15, 0.2) is 0 Å². The summed E-state index contributed by atoms with van der Waals surface area (Å²) in [5, 5.41) is 13.4. The van der Waals surface area contributed by atoms with Crippen LogP contribution in [0.4, 0.5) is 5.95 Å². The van der Waals surface area contributed by atoms with Gasteiger partial charge in [0.05, 0.1) is 17.6 Å². The first kappa shape index (κ1) is 21.7. The van der Waals surface area contributed by atoms with Crippen LogP contribution >= 0.6 is 0 Å². The number of aromatic nitrogens is 4. The highest BCUT2D eigenvalue weighted by atomic mass is 32.2. The summed E-state index contributed by atoms with van der Waals surface area (Å²) in [5.41, 5.74) is 1.55. The Bertz CT molecular complexity index is 972. The van der Waals surface area contributed by atoms with E-state index in [4.69, 9.17) is 0 Å². The van der Waals surface area contributed by atoms with E-state index >= 15 is 0 Å². The largest absolute Gasteiger partial charge is 0.390 e. The van der Waals surface area contributed by atoms with E-state index in [0.29, 0.717) is 38.3 Å². The zero-order valence-electron chi connectivity index (χ0n) is 17.7. The second-order valence-electron chi connectivity index (χ2n) is 8.45. The summed E-state index contributed by atoms with van der Waals surface area (Å²) in [4.78, 5) is 13.7. The summed E-state index contributed by atoms with van der Waals surface area (Å²) in [6.07, 6.45) is 6.77. The van der Waals surface area contributed by atoms with Gasteiger partial charge in [0.2, 0.25) is 16.0 Å². The highest BCUT2D eigenvalue weighted by molar-refractivity contribution is 7.88. The molecule has 3 heterocycles. The topological polar surface area (TPSA) is 113 Å². The summed E-state index contributed by atoms with van der Waals surface area (Å²) in [5.74, 6) is 1.30. The van der Waals surface area contributed by atoms with E-state index in [1.54, 1.807) is 20.0 Å². The monoisotopic (exact) mass is 422 g/mol. The third-order valence-corrected chi connectivity index (χ3v) is 6.34. The number of hydrogen-bond donors (Lipinski definition) is 2. The molecule has 160 valence electrons. The molecule has 10 heteroatoms. The second-order valence-corrected chi connectivity index (χ2v) is 10.4. The van der Waals surface area contributed by atoms with Crippen LogP contribution in [0.15, 0.2) is 12.4 Å². The molecule has 0 unspecified atom stereocenters. The van der Waals surface area contributed by atoms with Crippen LogP contribution in [0.25, 0.3) is 11.4 Å². The Morgan fingerprint density at radius 2 is 1.93 bits per heavy atom. The molecule has 2 N–H and O–H groups in total. The molecule has 0 amide bonds. The van der Waals surface area contributed by atoms with Crippen LogP contribution in [0.2, 0.25) is 0 Å². The Kier molecular flexibility index (Phi) is 5.98. The van der Waals surface area contributed by atoms with Crippen molar-refractivity contribution in [3.05, 3.63) is 23.8 Å². The fourth-order valence-corrected chi connectivity index (χ4v) is 4.33. The molecule has 1 fully saturated rings. The van der Waals surface area contributed by atoms with Gasteiger partial charge in [-0.25, -0.2) is 27.7 Å². The van der Waals surface area contributed by atoms with Crippen LogP contribution in [0, 0.1) is 6.92 Å². The van der Waals surface area contributed by atoms with Gasteiger partial charge >= 0.3 is 0 Å². The van der Waals surface area contributed by atoms with Gasteiger partial charge in [-0.3, -0.25) is 0 Å². The highest BCUT2D eigenvalue weighted by Gasteiger charge is 2.25. The lowest BCUT2D eigenvalue weighted by atomic mass is 10.1. The Hall–Kier alpha value is -2.04. The van der Waals surface area contributed by atoms with E-state index in [9.17, 15) is 13.5 Å². The van der Waals surface area contributed by atoms with Gasteiger partial charge in [0, 0.05) is 45.0 Å². The van der Waals surface area contributed by atoms with Crippen molar-refractivity contribution in [2.75, 3.05) is 24.7 Å². The maximum atomic E-state index is 11.7. The molecule has 29 heavy (non-hydrogen) atoms. The number of imidazole rings is 1. The zero-order chi connectivity index (χ0) is 21.4. The molecule has 2 aromatic heterocycles. The van der Waals surface area contributed by atoms with Gasteiger partial charge in [-0.2, -0.15) is 0 Å². The molecule has 2 aromatic rings. The Morgan fingerprint density at radius 3 is 2.52 bits per heavy atom. The van der Waals surface area contributed by atoms with E-state index in [1.807, 2.05) is 24.7 Å². The maximum absolute atomic E-state index is 11.7. The summed E-state index contributed by atoms with van der Waals surface area (Å²) in [7, 11) is -1.23. The second kappa shape index (κ2) is 8.00. The summed E-state index contributed by atoms with van der Waals surface area (Å²) in [6, 6.07) is 0.123. The van der Waals surface area contributed by atoms with Gasteiger partial charge in [-0.1, -0.05) is 0 Å². The molecule has 1 aliphatic rings. The number of rotatable bonds is 6. The first-order valence-corrected chi connectivity index (χ1v) is 11.6. The molecule has 9 nitrogen and oxygen atoms in total. The van der Waals surface area contributed by atoms with Gasteiger partial charge in [0.1, 0.15) is 11.5 Å². The normalized spacial score (nSPS) is 16.9. The minimum absolute atomic E-state index is 0.123. The van der Waals surface area contributed by atoms with Crippen molar-refractivity contribution in [1.82, 2.24) is 23.8 Å². The summed E-state index contributed by atoms with van der Waals surface area (Å²) >= 11 is 0. The van der Waals surface area contributed by atoms with Crippen LogP contribution in [0.3, 0.4) is 0 Å². The number of sulfonamides is 1. The van der Waals surface area contributed by atoms with Crippen molar-refractivity contribution in [2.45, 2.75) is 51.7 Å². The van der Waals surface area contributed by atoms with Crippen LogP contribution < -0.4 is 5.32 Å². The highest BCUT2D eigenvalue weighted by Crippen LogP contribution is 2.24.